The van der Waals surface area contributed by atoms with Crippen LogP contribution in [0.3, 0.4) is 0 Å². The van der Waals surface area contributed by atoms with Gasteiger partial charge in [0.1, 0.15) is 0 Å². The van der Waals surface area contributed by atoms with Gasteiger partial charge in [0, 0.05) is 31.7 Å². The molecule has 0 radical (unpaired) electrons. The van der Waals surface area contributed by atoms with Crippen LogP contribution in [0.25, 0.3) is 0 Å². The lowest BCUT2D eigenvalue weighted by atomic mass is 9.92. The molecule has 31 heavy (non-hydrogen) atoms. The number of benzene rings is 3. The molecule has 0 bridgehead atoms. The van der Waals surface area contributed by atoms with E-state index in [1.54, 1.807) is 24.3 Å². The minimum Gasteiger partial charge on any atom is -0.336 e. The second-order valence-electron chi connectivity index (χ2n) is 8.32. The van der Waals surface area contributed by atoms with Crippen molar-refractivity contribution in [3.05, 3.63) is 106 Å². The number of nitrogens with zero attached hydrogens (tertiary/aromatic N) is 3. The molecule has 1 aliphatic heterocycles. The van der Waals surface area contributed by atoms with E-state index in [0.717, 1.165) is 25.9 Å². The van der Waals surface area contributed by atoms with E-state index in [1.165, 1.54) is 22.3 Å². The third-order valence-electron chi connectivity index (χ3n) is 6.57. The molecule has 1 aliphatic carbocycles. The normalized spacial score (nSPS) is 16.7. The van der Waals surface area contributed by atoms with Gasteiger partial charge >= 0.3 is 0 Å². The van der Waals surface area contributed by atoms with Crippen LogP contribution in [0.1, 0.15) is 44.2 Å². The van der Waals surface area contributed by atoms with Crippen LogP contribution < -0.4 is 0 Å². The molecular weight excluding hydrogens is 382 g/mol. The SMILES string of the molecule is N#Cc1cccc(C(=O)N2CCN(C3c4ccccc4CCc4ccccc43)CC2)c1. The standard InChI is InChI=1S/C27H25N3O/c28-19-20-6-5-9-23(18-20)27(31)30-16-14-29(15-17-30)26-24-10-3-1-7-21(24)12-13-22-8-2-4-11-25(22)26/h1-11,18,26H,12-17H2. The summed E-state index contributed by atoms with van der Waals surface area (Å²) in [5.74, 6) is 0.0124. The number of rotatable bonds is 2. The third kappa shape index (κ3) is 3.73. The molecule has 0 saturated carbocycles. The molecule has 0 unspecified atom stereocenters. The molecule has 1 saturated heterocycles. The fourth-order valence-corrected chi connectivity index (χ4v) is 4.98. The van der Waals surface area contributed by atoms with E-state index >= 15 is 0 Å². The van der Waals surface area contributed by atoms with Crippen molar-refractivity contribution in [2.75, 3.05) is 26.2 Å². The Morgan fingerprint density at radius 1 is 0.806 bits per heavy atom. The lowest BCUT2D eigenvalue weighted by molar-refractivity contribution is 0.0597. The molecule has 154 valence electrons. The van der Waals surface area contributed by atoms with Gasteiger partial charge in [-0.1, -0.05) is 54.6 Å². The van der Waals surface area contributed by atoms with Gasteiger partial charge in [0.2, 0.25) is 0 Å². The lowest BCUT2D eigenvalue weighted by Crippen LogP contribution is -2.50. The first-order valence-electron chi connectivity index (χ1n) is 10.9. The Kier molecular flexibility index (Phi) is 5.28. The highest BCUT2D eigenvalue weighted by Crippen LogP contribution is 2.37. The number of hydrogen-bond acceptors (Lipinski definition) is 3. The van der Waals surface area contributed by atoms with Gasteiger partial charge in [-0.25, -0.2) is 0 Å². The van der Waals surface area contributed by atoms with E-state index in [-0.39, 0.29) is 11.9 Å². The van der Waals surface area contributed by atoms with E-state index in [9.17, 15) is 4.79 Å². The van der Waals surface area contributed by atoms with Gasteiger partial charge in [-0.05, 0) is 53.3 Å². The Bertz CT molecular complexity index is 1110. The largest absolute Gasteiger partial charge is 0.336 e. The molecule has 3 aromatic carbocycles. The van der Waals surface area contributed by atoms with Crippen molar-refractivity contribution >= 4 is 5.91 Å². The van der Waals surface area contributed by atoms with Crippen LogP contribution in [0.5, 0.6) is 0 Å². The first-order valence-corrected chi connectivity index (χ1v) is 10.9. The Morgan fingerprint density at radius 2 is 1.42 bits per heavy atom. The van der Waals surface area contributed by atoms with Gasteiger partial charge in [-0.2, -0.15) is 5.26 Å². The quantitative estimate of drug-likeness (QED) is 0.640. The molecular formula is C27H25N3O. The van der Waals surface area contributed by atoms with Gasteiger partial charge in [-0.15, -0.1) is 0 Å². The minimum atomic E-state index is 0.0124. The minimum absolute atomic E-state index is 0.0124. The maximum Gasteiger partial charge on any atom is 0.253 e. The van der Waals surface area contributed by atoms with Crippen molar-refractivity contribution in [2.45, 2.75) is 18.9 Å². The van der Waals surface area contributed by atoms with Gasteiger partial charge in [0.25, 0.3) is 5.91 Å². The van der Waals surface area contributed by atoms with Crippen molar-refractivity contribution in [3.63, 3.8) is 0 Å². The highest BCUT2D eigenvalue weighted by Gasteiger charge is 2.32. The van der Waals surface area contributed by atoms with Crippen molar-refractivity contribution in [2.24, 2.45) is 0 Å². The van der Waals surface area contributed by atoms with Gasteiger partial charge < -0.3 is 4.90 Å². The average molecular weight is 408 g/mol. The fourth-order valence-electron chi connectivity index (χ4n) is 4.98. The van der Waals surface area contributed by atoms with E-state index in [0.29, 0.717) is 24.2 Å². The summed E-state index contributed by atoms with van der Waals surface area (Å²) in [6.07, 6.45) is 2.13. The molecule has 4 nitrogen and oxygen atoms in total. The molecule has 0 spiro atoms. The number of aryl methyl sites for hydroxylation is 2. The first-order chi connectivity index (χ1) is 15.2. The Balaban J connectivity index is 1.39. The molecule has 2 aliphatic rings. The van der Waals surface area contributed by atoms with Crippen molar-refractivity contribution in [1.29, 1.82) is 5.26 Å². The zero-order chi connectivity index (χ0) is 21.2. The molecule has 1 fully saturated rings. The van der Waals surface area contributed by atoms with Crippen molar-refractivity contribution in [3.8, 4) is 6.07 Å². The van der Waals surface area contributed by atoms with Crippen LogP contribution in [0.15, 0.2) is 72.8 Å². The van der Waals surface area contributed by atoms with Gasteiger partial charge in [-0.3, -0.25) is 9.69 Å². The summed E-state index contributed by atoms with van der Waals surface area (Å²) in [7, 11) is 0. The number of piperazine rings is 1. The highest BCUT2D eigenvalue weighted by molar-refractivity contribution is 5.94. The fraction of sp³-hybridized carbons (Fsp3) is 0.259. The zero-order valence-corrected chi connectivity index (χ0v) is 17.5. The van der Waals surface area contributed by atoms with Crippen LogP contribution in [-0.2, 0) is 12.8 Å². The molecule has 1 amide bonds. The molecule has 0 N–H and O–H groups in total. The number of fused-ring (bicyclic) bond motifs is 2. The highest BCUT2D eigenvalue weighted by atomic mass is 16.2. The summed E-state index contributed by atoms with van der Waals surface area (Å²) in [5.41, 5.74) is 6.77. The summed E-state index contributed by atoms with van der Waals surface area (Å²) >= 11 is 0. The van der Waals surface area contributed by atoms with Crippen LogP contribution >= 0.6 is 0 Å². The summed E-state index contributed by atoms with van der Waals surface area (Å²) < 4.78 is 0. The molecule has 3 aromatic rings. The van der Waals surface area contributed by atoms with Crippen LogP contribution in [-0.4, -0.2) is 41.9 Å². The number of amides is 1. The van der Waals surface area contributed by atoms with Crippen LogP contribution in [0.4, 0.5) is 0 Å². The predicted molar refractivity (Wildman–Crippen MR) is 121 cm³/mol. The molecule has 5 rings (SSSR count). The zero-order valence-electron chi connectivity index (χ0n) is 17.5. The van der Waals surface area contributed by atoms with Crippen LogP contribution in [0, 0.1) is 11.3 Å². The number of carbonyl (C=O) groups excluding carboxylic acids is 1. The van der Waals surface area contributed by atoms with E-state index < -0.39 is 0 Å². The molecule has 4 heteroatoms. The lowest BCUT2D eigenvalue weighted by Gasteiger charge is -2.40. The number of carbonyl (C=O) groups is 1. The summed E-state index contributed by atoms with van der Waals surface area (Å²) in [6.45, 7) is 3.04. The summed E-state index contributed by atoms with van der Waals surface area (Å²) in [5, 5.41) is 9.13. The maximum atomic E-state index is 13.0. The Hall–Kier alpha value is -3.42. The first kappa shape index (κ1) is 19.5. The van der Waals surface area contributed by atoms with E-state index in [4.69, 9.17) is 5.26 Å². The van der Waals surface area contributed by atoms with E-state index in [1.807, 2.05) is 4.90 Å². The van der Waals surface area contributed by atoms with Crippen molar-refractivity contribution < 1.29 is 4.79 Å². The maximum absolute atomic E-state index is 13.0. The molecule has 0 atom stereocenters. The van der Waals surface area contributed by atoms with Gasteiger partial charge in [0.05, 0.1) is 17.7 Å². The molecule has 0 aromatic heterocycles. The summed E-state index contributed by atoms with van der Waals surface area (Å²) in [6, 6.07) is 27.0. The van der Waals surface area contributed by atoms with Gasteiger partial charge in [0.15, 0.2) is 0 Å². The van der Waals surface area contributed by atoms with Crippen molar-refractivity contribution in [1.82, 2.24) is 9.80 Å². The average Bonchev–Trinajstić information content (AvgIpc) is 3.01. The second kappa shape index (κ2) is 8.37. The Labute approximate surface area is 183 Å². The number of nitriles is 1. The number of hydrogen-bond donors (Lipinski definition) is 0. The summed E-state index contributed by atoms with van der Waals surface area (Å²) in [4.78, 5) is 17.4. The second-order valence-corrected chi connectivity index (χ2v) is 8.32. The monoisotopic (exact) mass is 407 g/mol. The smallest absolute Gasteiger partial charge is 0.253 e. The predicted octanol–water partition coefficient (Wildman–Crippen LogP) is 4.20. The topological polar surface area (TPSA) is 47.3 Å². The van der Waals surface area contributed by atoms with Crippen LogP contribution in [0.2, 0.25) is 0 Å². The van der Waals surface area contributed by atoms with E-state index in [2.05, 4.69) is 59.5 Å². The Morgan fingerprint density at radius 3 is 2.03 bits per heavy atom. The third-order valence-corrected chi connectivity index (χ3v) is 6.57. The molecule has 1 heterocycles.